The second-order valence-corrected chi connectivity index (χ2v) is 3.85. The Kier molecular flexibility index (Phi) is 4.72. The molecule has 0 saturated carbocycles. The number of hydrogen-bond donors (Lipinski definition) is 1. The van der Waals surface area contributed by atoms with Crippen molar-refractivity contribution in [3.8, 4) is 0 Å². The van der Waals surface area contributed by atoms with Gasteiger partial charge in [0.05, 0.1) is 12.1 Å². The molecule has 1 rings (SSSR count). The molecule has 0 heterocycles. The van der Waals surface area contributed by atoms with Gasteiger partial charge in [-0.05, 0) is 18.2 Å². The van der Waals surface area contributed by atoms with E-state index in [1.54, 1.807) is 6.92 Å². The zero-order valence-electron chi connectivity index (χ0n) is 9.87. The van der Waals surface area contributed by atoms with Crippen molar-refractivity contribution >= 4 is 5.97 Å². The standard InChI is InChI=1S/C12H14F3NO2/c1-2-16(8-11(17)18)7-9-5-3-4-6-10(9)12(13,14)15/h3-6H,2,7-8H2,1H3,(H,17,18). The normalized spacial score (nSPS) is 11.8. The maximum Gasteiger partial charge on any atom is 0.416 e. The van der Waals surface area contributed by atoms with E-state index >= 15 is 0 Å². The molecule has 18 heavy (non-hydrogen) atoms. The number of benzene rings is 1. The Labute approximate surface area is 103 Å². The van der Waals surface area contributed by atoms with Crippen LogP contribution in [0.1, 0.15) is 18.1 Å². The van der Waals surface area contributed by atoms with Gasteiger partial charge in [0.1, 0.15) is 0 Å². The summed E-state index contributed by atoms with van der Waals surface area (Å²) in [6.07, 6.45) is -4.42. The molecule has 0 saturated heterocycles. The van der Waals surface area contributed by atoms with Gasteiger partial charge in [-0.3, -0.25) is 9.69 Å². The van der Waals surface area contributed by atoms with Crippen LogP contribution in [-0.4, -0.2) is 29.1 Å². The highest BCUT2D eigenvalue weighted by atomic mass is 19.4. The smallest absolute Gasteiger partial charge is 0.416 e. The van der Waals surface area contributed by atoms with E-state index in [2.05, 4.69) is 0 Å². The fraction of sp³-hybridized carbons (Fsp3) is 0.417. The third-order valence-electron chi connectivity index (χ3n) is 2.52. The Balaban J connectivity index is 2.92. The lowest BCUT2D eigenvalue weighted by Gasteiger charge is -2.20. The number of nitrogens with zero attached hydrogens (tertiary/aromatic N) is 1. The van der Waals surface area contributed by atoms with E-state index in [4.69, 9.17) is 5.11 Å². The van der Waals surface area contributed by atoms with Crippen LogP contribution < -0.4 is 0 Å². The lowest BCUT2D eigenvalue weighted by atomic mass is 10.1. The van der Waals surface area contributed by atoms with Crippen LogP contribution in [0.5, 0.6) is 0 Å². The first-order valence-corrected chi connectivity index (χ1v) is 5.43. The predicted molar refractivity (Wildman–Crippen MR) is 60.0 cm³/mol. The topological polar surface area (TPSA) is 40.5 Å². The van der Waals surface area contributed by atoms with Gasteiger partial charge in [-0.2, -0.15) is 13.2 Å². The molecule has 0 atom stereocenters. The first kappa shape index (κ1) is 14.5. The van der Waals surface area contributed by atoms with Gasteiger partial charge < -0.3 is 5.11 Å². The average Bonchev–Trinajstić information content (AvgIpc) is 2.26. The first-order valence-electron chi connectivity index (χ1n) is 5.43. The van der Waals surface area contributed by atoms with Gasteiger partial charge in [-0.25, -0.2) is 0 Å². The zero-order chi connectivity index (χ0) is 13.8. The van der Waals surface area contributed by atoms with Gasteiger partial charge in [-0.1, -0.05) is 25.1 Å². The molecule has 6 heteroatoms. The average molecular weight is 261 g/mol. The number of carboxylic acid groups (broad SMARTS) is 1. The molecular weight excluding hydrogens is 247 g/mol. The van der Waals surface area contributed by atoms with Crippen LogP contribution in [0, 0.1) is 0 Å². The number of aliphatic carboxylic acids is 1. The lowest BCUT2D eigenvalue weighted by Crippen LogP contribution is -2.30. The number of alkyl halides is 3. The summed E-state index contributed by atoms with van der Waals surface area (Å²) in [6.45, 7) is 1.78. The van der Waals surface area contributed by atoms with Gasteiger partial charge >= 0.3 is 12.1 Å². The number of rotatable bonds is 5. The highest BCUT2D eigenvalue weighted by molar-refractivity contribution is 5.69. The summed E-state index contributed by atoms with van der Waals surface area (Å²) >= 11 is 0. The number of hydrogen-bond acceptors (Lipinski definition) is 2. The Morgan fingerprint density at radius 2 is 1.94 bits per heavy atom. The maximum atomic E-state index is 12.7. The molecule has 0 spiro atoms. The van der Waals surface area contributed by atoms with E-state index in [1.165, 1.54) is 23.1 Å². The van der Waals surface area contributed by atoms with Crippen molar-refractivity contribution < 1.29 is 23.1 Å². The highest BCUT2D eigenvalue weighted by Crippen LogP contribution is 2.32. The van der Waals surface area contributed by atoms with Gasteiger partial charge in [0, 0.05) is 6.54 Å². The quantitative estimate of drug-likeness (QED) is 0.885. The van der Waals surface area contributed by atoms with Crippen molar-refractivity contribution in [1.82, 2.24) is 4.90 Å². The highest BCUT2D eigenvalue weighted by Gasteiger charge is 2.33. The molecule has 0 aliphatic carbocycles. The fourth-order valence-corrected chi connectivity index (χ4v) is 1.65. The maximum absolute atomic E-state index is 12.7. The molecule has 100 valence electrons. The molecule has 0 bridgehead atoms. The number of likely N-dealkylation sites (N-methyl/N-ethyl adjacent to an activating group) is 1. The second kappa shape index (κ2) is 5.86. The second-order valence-electron chi connectivity index (χ2n) is 3.85. The molecule has 0 amide bonds. The molecule has 0 fully saturated rings. The third kappa shape index (κ3) is 4.03. The molecule has 1 N–H and O–H groups in total. The van der Waals surface area contributed by atoms with Gasteiger partial charge in [-0.15, -0.1) is 0 Å². The van der Waals surface area contributed by atoms with E-state index in [1.807, 2.05) is 0 Å². The van der Waals surface area contributed by atoms with Crippen LogP contribution in [0.3, 0.4) is 0 Å². The van der Waals surface area contributed by atoms with Crippen molar-refractivity contribution in [2.45, 2.75) is 19.6 Å². The summed E-state index contributed by atoms with van der Waals surface area (Å²) in [5, 5.41) is 8.66. The molecule has 0 radical (unpaired) electrons. The van der Waals surface area contributed by atoms with Crippen molar-refractivity contribution in [3.05, 3.63) is 35.4 Å². The van der Waals surface area contributed by atoms with E-state index in [0.29, 0.717) is 6.54 Å². The molecule has 1 aromatic rings. The lowest BCUT2D eigenvalue weighted by molar-refractivity contribution is -0.138. The van der Waals surface area contributed by atoms with Crippen molar-refractivity contribution in [2.75, 3.05) is 13.1 Å². The van der Waals surface area contributed by atoms with Crippen LogP contribution in [0.4, 0.5) is 13.2 Å². The monoisotopic (exact) mass is 261 g/mol. The van der Waals surface area contributed by atoms with Crippen LogP contribution in [0.15, 0.2) is 24.3 Å². The molecule has 0 aromatic heterocycles. The Morgan fingerprint density at radius 3 is 2.44 bits per heavy atom. The molecular formula is C12H14F3NO2. The molecule has 0 aliphatic heterocycles. The minimum Gasteiger partial charge on any atom is -0.480 e. The number of carboxylic acids is 1. The predicted octanol–water partition coefficient (Wildman–Crippen LogP) is 2.61. The van der Waals surface area contributed by atoms with Crippen LogP contribution >= 0.6 is 0 Å². The van der Waals surface area contributed by atoms with Crippen molar-refractivity contribution in [2.24, 2.45) is 0 Å². The van der Waals surface area contributed by atoms with Crippen molar-refractivity contribution in [1.29, 1.82) is 0 Å². The number of halogens is 3. The Bertz CT molecular complexity index is 418. The Hall–Kier alpha value is -1.56. The summed E-state index contributed by atoms with van der Waals surface area (Å²) in [4.78, 5) is 12.0. The summed E-state index contributed by atoms with van der Waals surface area (Å²) in [5.74, 6) is -1.05. The molecule has 0 aliphatic rings. The van der Waals surface area contributed by atoms with E-state index in [-0.39, 0.29) is 18.7 Å². The summed E-state index contributed by atoms with van der Waals surface area (Å²) < 4.78 is 38.2. The first-order chi connectivity index (χ1) is 8.34. The number of carbonyl (C=O) groups is 1. The summed E-state index contributed by atoms with van der Waals surface area (Å²) in [7, 11) is 0. The van der Waals surface area contributed by atoms with Gasteiger partial charge in [0.15, 0.2) is 0 Å². The van der Waals surface area contributed by atoms with E-state index < -0.39 is 17.7 Å². The van der Waals surface area contributed by atoms with Crippen LogP contribution in [0.2, 0.25) is 0 Å². The fourth-order valence-electron chi connectivity index (χ4n) is 1.65. The SMILES string of the molecule is CCN(CC(=O)O)Cc1ccccc1C(F)(F)F. The summed E-state index contributed by atoms with van der Waals surface area (Å²) in [5.41, 5.74) is -0.623. The summed E-state index contributed by atoms with van der Waals surface area (Å²) in [6, 6.07) is 5.20. The molecule has 3 nitrogen and oxygen atoms in total. The van der Waals surface area contributed by atoms with Gasteiger partial charge in [0.25, 0.3) is 0 Å². The van der Waals surface area contributed by atoms with Crippen LogP contribution in [0.25, 0.3) is 0 Å². The van der Waals surface area contributed by atoms with Crippen LogP contribution in [-0.2, 0) is 17.5 Å². The third-order valence-corrected chi connectivity index (χ3v) is 2.52. The minimum atomic E-state index is -4.42. The Morgan fingerprint density at radius 1 is 1.33 bits per heavy atom. The van der Waals surface area contributed by atoms with Gasteiger partial charge in [0.2, 0.25) is 0 Å². The largest absolute Gasteiger partial charge is 0.480 e. The zero-order valence-corrected chi connectivity index (χ0v) is 9.87. The molecule has 1 aromatic carbocycles. The van der Waals surface area contributed by atoms with E-state index in [9.17, 15) is 18.0 Å². The van der Waals surface area contributed by atoms with Crippen molar-refractivity contribution in [3.63, 3.8) is 0 Å². The minimum absolute atomic E-state index is 0.0293. The molecule has 0 unspecified atom stereocenters. The van der Waals surface area contributed by atoms with E-state index in [0.717, 1.165) is 6.07 Å².